The summed E-state index contributed by atoms with van der Waals surface area (Å²) >= 11 is 1.57. The fraction of sp³-hybridized carbons (Fsp3) is 0.579. The van der Waals surface area contributed by atoms with Gasteiger partial charge in [-0.3, -0.25) is 4.79 Å². The molecule has 4 nitrogen and oxygen atoms in total. The van der Waals surface area contributed by atoms with Gasteiger partial charge in [0.25, 0.3) is 5.91 Å². The van der Waals surface area contributed by atoms with E-state index in [9.17, 15) is 9.59 Å². The lowest BCUT2D eigenvalue weighted by Crippen LogP contribution is -2.39. The van der Waals surface area contributed by atoms with Crippen molar-refractivity contribution >= 4 is 29.3 Å². The Morgan fingerprint density at radius 1 is 1.38 bits per heavy atom. The van der Waals surface area contributed by atoms with Crippen LogP contribution in [0.4, 0.5) is 0 Å². The van der Waals surface area contributed by atoms with Gasteiger partial charge in [-0.25, -0.2) is 4.79 Å². The minimum atomic E-state index is -0.469. The van der Waals surface area contributed by atoms with Gasteiger partial charge in [-0.2, -0.15) is 11.3 Å². The van der Waals surface area contributed by atoms with E-state index in [1.54, 1.807) is 17.4 Å². The van der Waals surface area contributed by atoms with Crippen LogP contribution in [0.25, 0.3) is 6.08 Å². The molecule has 5 heteroatoms. The Labute approximate surface area is 147 Å². The summed E-state index contributed by atoms with van der Waals surface area (Å²) in [6, 6.07) is 2.21. The molecule has 1 aromatic rings. The molecule has 0 unspecified atom stereocenters. The average Bonchev–Trinajstić information content (AvgIpc) is 3.07. The Hall–Kier alpha value is -1.62. The second-order valence-electron chi connectivity index (χ2n) is 8.23. The number of hydrogen-bond acceptors (Lipinski definition) is 4. The van der Waals surface area contributed by atoms with Crippen LogP contribution < -0.4 is 0 Å². The van der Waals surface area contributed by atoms with Gasteiger partial charge in [0.1, 0.15) is 0 Å². The second-order valence-corrected chi connectivity index (χ2v) is 9.01. The molecule has 1 aromatic heterocycles. The van der Waals surface area contributed by atoms with Crippen LogP contribution in [-0.4, -0.2) is 36.0 Å². The van der Waals surface area contributed by atoms with Crippen LogP contribution >= 0.6 is 11.3 Å². The summed E-state index contributed by atoms with van der Waals surface area (Å²) in [5.74, 6) is -0.540. The number of hydrogen-bond donors (Lipinski definition) is 0. The standard InChI is InChI=1S/C19H25NO3S/c1-18(2)8-15-9-19(3,12-18)13-20(15)16(21)10-23-17(22)5-4-14-6-7-24-11-14/h4-7,11,15H,8-10,12-13H2,1-3H3/b5-4+/t15-,19-/m1/s1. The molecule has 3 rings (SSSR count). The monoisotopic (exact) mass is 347 g/mol. The van der Waals surface area contributed by atoms with E-state index in [4.69, 9.17) is 4.74 Å². The zero-order valence-electron chi connectivity index (χ0n) is 14.6. The van der Waals surface area contributed by atoms with Gasteiger partial charge in [-0.05, 0) is 58.6 Å². The topological polar surface area (TPSA) is 46.6 Å². The van der Waals surface area contributed by atoms with Gasteiger partial charge < -0.3 is 9.64 Å². The van der Waals surface area contributed by atoms with E-state index >= 15 is 0 Å². The number of esters is 1. The van der Waals surface area contributed by atoms with Crippen molar-refractivity contribution in [3.05, 3.63) is 28.5 Å². The van der Waals surface area contributed by atoms with E-state index in [1.165, 1.54) is 6.08 Å². The SMILES string of the molecule is CC1(C)C[C@@H]2C[C@@](C)(CN2C(=O)COC(=O)/C=C/c2ccsc2)C1. The van der Waals surface area contributed by atoms with E-state index in [1.807, 2.05) is 21.7 Å². The van der Waals surface area contributed by atoms with Gasteiger partial charge in [-0.1, -0.05) is 20.8 Å². The van der Waals surface area contributed by atoms with Crippen molar-refractivity contribution in [2.24, 2.45) is 10.8 Å². The Morgan fingerprint density at radius 3 is 2.88 bits per heavy atom. The van der Waals surface area contributed by atoms with E-state index in [2.05, 4.69) is 20.8 Å². The number of nitrogens with zero attached hydrogens (tertiary/aromatic N) is 1. The van der Waals surface area contributed by atoms with Gasteiger partial charge in [0.2, 0.25) is 0 Å². The van der Waals surface area contributed by atoms with Crippen LogP contribution in [0.5, 0.6) is 0 Å². The first kappa shape index (κ1) is 17.2. The fourth-order valence-corrected chi connectivity index (χ4v) is 5.18. The van der Waals surface area contributed by atoms with E-state index in [-0.39, 0.29) is 29.4 Å². The first-order valence-electron chi connectivity index (χ1n) is 8.43. The first-order chi connectivity index (χ1) is 11.3. The maximum atomic E-state index is 12.5. The number of ether oxygens (including phenoxy) is 1. The molecule has 1 saturated heterocycles. The van der Waals surface area contributed by atoms with Crippen LogP contribution in [0.2, 0.25) is 0 Å². The number of rotatable bonds is 4. The predicted molar refractivity (Wildman–Crippen MR) is 95.6 cm³/mol. The van der Waals surface area contributed by atoms with Gasteiger partial charge in [-0.15, -0.1) is 0 Å². The lowest BCUT2D eigenvalue weighted by atomic mass is 9.65. The van der Waals surface area contributed by atoms with Gasteiger partial charge >= 0.3 is 5.97 Å². The van der Waals surface area contributed by atoms with Gasteiger partial charge in [0.05, 0.1) is 0 Å². The molecule has 1 amide bonds. The van der Waals surface area contributed by atoms with Crippen molar-refractivity contribution in [3.8, 4) is 0 Å². The zero-order valence-corrected chi connectivity index (χ0v) is 15.4. The Morgan fingerprint density at radius 2 is 2.17 bits per heavy atom. The molecule has 2 bridgehead atoms. The Bertz CT molecular complexity index is 650. The Kier molecular flexibility index (Phi) is 4.56. The maximum absolute atomic E-state index is 12.5. The quantitative estimate of drug-likeness (QED) is 0.616. The van der Waals surface area contributed by atoms with Crippen molar-refractivity contribution in [2.45, 2.75) is 46.1 Å². The van der Waals surface area contributed by atoms with Crippen LogP contribution in [0, 0.1) is 10.8 Å². The molecule has 1 aliphatic carbocycles. The molecule has 0 N–H and O–H groups in total. The van der Waals surface area contributed by atoms with Crippen LogP contribution in [-0.2, 0) is 14.3 Å². The minimum absolute atomic E-state index is 0.0706. The summed E-state index contributed by atoms with van der Waals surface area (Å²) in [5, 5.41) is 3.89. The zero-order chi connectivity index (χ0) is 17.4. The number of fused-ring (bicyclic) bond motifs is 2. The number of amides is 1. The summed E-state index contributed by atoms with van der Waals surface area (Å²) in [6.07, 6.45) is 6.32. The maximum Gasteiger partial charge on any atom is 0.331 e. The molecule has 0 aromatic carbocycles. The van der Waals surface area contributed by atoms with Gasteiger partial charge in [0.15, 0.2) is 6.61 Å². The third-order valence-corrected chi connectivity index (χ3v) is 5.73. The molecule has 0 spiro atoms. The third kappa shape index (κ3) is 3.89. The van der Waals surface area contributed by atoms with Crippen LogP contribution in [0.3, 0.4) is 0 Å². The summed E-state index contributed by atoms with van der Waals surface area (Å²) < 4.78 is 5.13. The highest BCUT2D eigenvalue weighted by molar-refractivity contribution is 7.08. The van der Waals surface area contributed by atoms with E-state index in [0.29, 0.717) is 0 Å². The molecular formula is C19H25NO3S. The smallest absolute Gasteiger partial charge is 0.331 e. The molecule has 2 aliphatic rings. The third-order valence-electron chi connectivity index (χ3n) is 5.03. The predicted octanol–water partition coefficient (Wildman–Crippen LogP) is 3.73. The van der Waals surface area contributed by atoms with Crippen molar-refractivity contribution in [2.75, 3.05) is 13.2 Å². The normalized spacial score (nSPS) is 28.3. The van der Waals surface area contributed by atoms with Crippen LogP contribution in [0.15, 0.2) is 22.9 Å². The molecule has 24 heavy (non-hydrogen) atoms. The average molecular weight is 347 g/mol. The summed E-state index contributed by atoms with van der Waals surface area (Å²) in [7, 11) is 0. The van der Waals surface area contributed by atoms with Crippen LogP contribution in [0.1, 0.15) is 45.6 Å². The van der Waals surface area contributed by atoms with Crippen molar-refractivity contribution < 1.29 is 14.3 Å². The fourth-order valence-electron chi connectivity index (χ4n) is 4.55. The molecule has 0 radical (unpaired) electrons. The van der Waals surface area contributed by atoms with E-state index in [0.717, 1.165) is 31.4 Å². The molecule has 1 saturated carbocycles. The molecule has 2 fully saturated rings. The van der Waals surface area contributed by atoms with E-state index < -0.39 is 5.97 Å². The van der Waals surface area contributed by atoms with Crippen molar-refractivity contribution in [1.29, 1.82) is 0 Å². The lowest BCUT2D eigenvalue weighted by Gasteiger charge is -2.39. The number of carbonyl (C=O) groups excluding carboxylic acids is 2. The summed E-state index contributed by atoms with van der Waals surface area (Å²) in [5.41, 5.74) is 1.43. The highest BCUT2D eigenvalue weighted by atomic mass is 32.1. The van der Waals surface area contributed by atoms with Crippen molar-refractivity contribution in [3.63, 3.8) is 0 Å². The molecule has 2 atom stereocenters. The summed E-state index contributed by atoms with van der Waals surface area (Å²) in [4.78, 5) is 26.2. The molecule has 1 aliphatic heterocycles. The highest BCUT2D eigenvalue weighted by Crippen LogP contribution is 2.52. The molecule has 2 heterocycles. The second kappa shape index (κ2) is 6.36. The largest absolute Gasteiger partial charge is 0.452 e. The molecular weight excluding hydrogens is 322 g/mol. The highest BCUT2D eigenvalue weighted by Gasteiger charge is 2.50. The minimum Gasteiger partial charge on any atom is -0.452 e. The summed E-state index contributed by atoms with van der Waals surface area (Å²) in [6.45, 7) is 7.44. The first-order valence-corrected chi connectivity index (χ1v) is 9.37. The number of carbonyl (C=O) groups is 2. The van der Waals surface area contributed by atoms with Gasteiger partial charge in [0, 0.05) is 18.7 Å². The number of likely N-dealkylation sites (tertiary alicyclic amines) is 1. The molecule has 130 valence electrons. The Balaban J connectivity index is 1.53. The van der Waals surface area contributed by atoms with Crippen molar-refractivity contribution in [1.82, 2.24) is 4.90 Å². The number of thiophene rings is 1. The lowest BCUT2D eigenvalue weighted by molar-refractivity contribution is -0.148.